The van der Waals surface area contributed by atoms with Crippen molar-refractivity contribution in [3.8, 4) is 0 Å². The first-order valence-electron chi connectivity index (χ1n) is 5.20. The molecule has 0 fully saturated rings. The van der Waals surface area contributed by atoms with Crippen molar-refractivity contribution >= 4 is 17.5 Å². The Balaban J connectivity index is 2.42. The summed E-state index contributed by atoms with van der Waals surface area (Å²) in [6, 6.07) is 1.33. The molecule has 0 saturated carbocycles. The van der Waals surface area contributed by atoms with Crippen molar-refractivity contribution in [2.75, 3.05) is 6.54 Å². The maximum atomic E-state index is 11.5. The van der Waals surface area contributed by atoms with Crippen LogP contribution in [0.5, 0.6) is 0 Å². The van der Waals surface area contributed by atoms with Crippen LogP contribution in [0.1, 0.15) is 30.1 Å². The van der Waals surface area contributed by atoms with Crippen LogP contribution in [0, 0.1) is 0 Å². The Kier molecular flexibility index (Phi) is 5.05. The van der Waals surface area contributed by atoms with Crippen LogP contribution in [0.2, 0.25) is 0 Å². The fourth-order valence-corrected chi connectivity index (χ4v) is 1.43. The number of pyridine rings is 1. The normalized spacial score (nSPS) is 12.1. The molecule has 88 valence electrons. The van der Waals surface area contributed by atoms with Crippen LogP contribution in [-0.2, 0) is 0 Å². The van der Waals surface area contributed by atoms with Gasteiger partial charge in [0.2, 0.25) is 0 Å². The van der Waals surface area contributed by atoms with Crippen molar-refractivity contribution in [1.29, 1.82) is 0 Å². The number of carbonyl (C=O) groups excluding carboxylic acids is 1. The SMILES string of the molecule is CC(Cl)CCCNC(=O)c1c[nH]ccc1=O. The average molecular weight is 243 g/mol. The van der Waals surface area contributed by atoms with E-state index in [0.29, 0.717) is 6.54 Å². The summed E-state index contributed by atoms with van der Waals surface area (Å²) in [5, 5.41) is 2.79. The van der Waals surface area contributed by atoms with Crippen LogP contribution in [0.3, 0.4) is 0 Å². The minimum absolute atomic E-state index is 0.108. The molecular formula is C11H15ClN2O2. The first-order valence-corrected chi connectivity index (χ1v) is 5.64. The second-order valence-electron chi connectivity index (χ2n) is 3.60. The summed E-state index contributed by atoms with van der Waals surface area (Å²) < 4.78 is 0. The smallest absolute Gasteiger partial charge is 0.256 e. The lowest BCUT2D eigenvalue weighted by molar-refractivity contribution is 0.0951. The van der Waals surface area contributed by atoms with Crippen LogP contribution in [-0.4, -0.2) is 22.8 Å². The molecule has 0 radical (unpaired) electrons. The van der Waals surface area contributed by atoms with Gasteiger partial charge in [0.25, 0.3) is 5.91 Å². The van der Waals surface area contributed by atoms with Crippen molar-refractivity contribution in [3.63, 3.8) is 0 Å². The molecule has 0 bridgehead atoms. The topological polar surface area (TPSA) is 62.0 Å². The molecule has 1 aromatic heterocycles. The maximum absolute atomic E-state index is 11.5. The number of rotatable bonds is 5. The zero-order valence-corrected chi connectivity index (χ0v) is 9.88. The second kappa shape index (κ2) is 6.33. The number of aromatic nitrogens is 1. The predicted molar refractivity (Wildman–Crippen MR) is 63.9 cm³/mol. The van der Waals surface area contributed by atoms with Gasteiger partial charge in [-0.25, -0.2) is 0 Å². The molecule has 0 saturated heterocycles. The first-order chi connectivity index (χ1) is 7.61. The van der Waals surface area contributed by atoms with Gasteiger partial charge in [-0.05, 0) is 19.8 Å². The van der Waals surface area contributed by atoms with E-state index in [0.717, 1.165) is 12.8 Å². The summed E-state index contributed by atoms with van der Waals surface area (Å²) in [6.07, 6.45) is 4.55. The molecule has 0 aliphatic heterocycles. The Bertz CT molecular complexity index is 401. The maximum Gasteiger partial charge on any atom is 0.256 e. The molecule has 2 N–H and O–H groups in total. The summed E-state index contributed by atoms with van der Waals surface area (Å²) in [5.74, 6) is -0.343. The number of hydrogen-bond acceptors (Lipinski definition) is 2. The highest BCUT2D eigenvalue weighted by Gasteiger charge is 2.08. The van der Waals surface area contributed by atoms with Crippen LogP contribution in [0.15, 0.2) is 23.3 Å². The molecule has 1 heterocycles. The van der Waals surface area contributed by atoms with Crippen molar-refractivity contribution < 1.29 is 4.79 Å². The van der Waals surface area contributed by atoms with Gasteiger partial charge >= 0.3 is 0 Å². The van der Waals surface area contributed by atoms with Gasteiger partial charge in [0.15, 0.2) is 5.43 Å². The third-order valence-corrected chi connectivity index (χ3v) is 2.35. The zero-order valence-electron chi connectivity index (χ0n) is 9.13. The van der Waals surface area contributed by atoms with E-state index in [1.807, 2.05) is 6.92 Å². The number of aromatic amines is 1. The molecule has 16 heavy (non-hydrogen) atoms. The molecule has 0 aliphatic rings. The number of H-pyrrole nitrogens is 1. The summed E-state index contributed by atoms with van der Waals surface area (Å²) in [7, 11) is 0. The first kappa shape index (κ1) is 12.8. The van der Waals surface area contributed by atoms with E-state index in [9.17, 15) is 9.59 Å². The Morgan fingerprint density at radius 3 is 3.00 bits per heavy atom. The highest BCUT2D eigenvalue weighted by atomic mass is 35.5. The largest absolute Gasteiger partial charge is 0.367 e. The van der Waals surface area contributed by atoms with Gasteiger partial charge in [-0.3, -0.25) is 9.59 Å². The summed E-state index contributed by atoms with van der Waals surface area (Å²) in [5.41, 5.74) is -0.136. The minimum Gasteiger partial charge on any atom is -0.367 e. The molecule has 1 atom stereocenters. The molecule has 1 unspecified atom stereocenters. The van der Waals surface area contributed by atoms with Gasteiger partial charge < -0.3 is 10.3 Å². The number of halogens is 1. The van der Waals surface area contributed by atoms with Crippen molar-refractivity contribution in [2.45, 2.75) is 25.1 Å². The van der Waals surface area contributed by atoms with E-state index >= 15 is 0 Å². The summed E-state index contributed by atoms with van der Waals surface area (Å²) in [4.78, 5) is 25.6. The lowest BCUT2D eigenvalue weighted by atomic mass is 10.2. The fraction of sp³-hybridized carbons (Fsp3) is 0.455. The van der Waals surface area contributed by atoms with E-state index in [1.165, 1.54) is 18.5 Å². The quantitative estimate of drug-likeness (QED) is 0.607. The number of nitrogens with one attached hydrogen (secondary N) is 2. The molecule has 0 aromatic carbocycles. The average Bonchev–Trinajstić information content (AvgIpc) is 2.24. The van der Waals surface area contributed by atoms with Crippen LogP contribution < -0.4 is 10.7 Å². The molecule has 1 amide bonds. The number of amides is 1. The Morgan fingerprint density at radius 2 is 2.38 bits per heavy atom. The third kappa shape index (κ3) is 4.06. The standard InChI is InChI=1S/C11H15ClN2O2/c1-8(12)3-2-5-14-11(16)9-7-13-6-4-10(9)15/h4,6-8H,2-3,5H2,1H3,(H,13,15)(H,14,16). The molecule has 1 rings (SSSR count). The molecular weight excluding hydrogens is 228 g/mol. The number of carbonyl (C=O) groups is 1. The van der Waals surface area contributed by atoms with Crippen LogP contribution in [0.4, 0.5) is 0 Å². The highest BCUT2D eigenvalue weighted by molar-refractivity contribution is 6.20. The van der Waals surface area contributed by atoms with E-state index < -0.39 is 0 Å². The summed E-state index contributed by atoms with van der Waals surface area (Å²) in [6.45, 7) is 2.44. The second-order valence-corrected chi connectivity index (χ2v) is 4.35. The molecule has 0 aliphatic carbocycles. The van der Waals surface area contributed by atoms with E-state index in [1.54, 1.807) is 0 Å². The fourth-order valence-electron chi connectivity index (χ4n) is 1.27. The molecule has 5 heteroatoms. The molecule has 0 spiro atoms. The minimum atomic E-state index is -0.343. The zero-order chi connectivity index (χ0) is 12.0. The number of hydrogen-bond donors (Lipinski definition) is 2. The van der Waals surface area contributed by atoms with Gasteiger partial charge in [0, 0.05) is 30.4 Å². The third-order valence-electron chi connectivity index (χ3n) is 2.13. The Labute approximate surface area is 99.0 Å². The van der Waals surface area contributed by atoms with Crippen molar-refractivity contribution in [2.24, 2.45) is 0 Å². The van der Waals surface area contributed by atoms with Crippen molar-refractivity contribution in [1.82, 2.24) is 10.3 Å². The predicted octanol–water partition coefficient (Wildman–Crippen LogP) is 1.51. The molecule has 4 nitrogen and oxygen atoms in total. The van der Waals surface area contributed by atoms with E-state index in [4.69, 9.17) is 11.6 Å². The van der Waals surface area contributed by atoms with Gasteiger partial charge in [-0.2, -0.15) is 0 Å². The monoisotopic (exact) mass is 242 g/mol. The van der Waals surface area contributed by atoms with Crippen molar-refractivity contribution in [3.05, 3.63) is 34.2 Å². The van der Waals surface area contributed by atoms with E-state index in [-0.39, 0.29) is 22.3 Å². The molecule has 1 aromatic rings. The van der Waals surface area contributed by atoms with Crippen LogP contribution >= 0.6 is 11.6 Å². The lowest BCUT2D eigenvalue weighted by Gasteiger charge is -2.05. The highest BCUT2D eigenvalue weighted by Crippen LogP contribution is 2.02. The Morgan fingerprint density at radius 1 is 1.62 bits per heavy atom. The lowest BCUT2D eigenvalue weighted by Crippen LogP contribution is -2.29. The van der Waals surface area contributed by atoms with Gasteiger partial charge in [0.1, 0.15) is 5.56 Å². The van der Waals surface area contributed by atoms with Crippen LogP contribution in [0.25, 0.3) is 0 Å². The van der Waals surface area contributed by atoms with E-state index in [2.05, 4.69) is 10.3 Å². The van der Waals surface area contributed by atoms with Gasteiger partial charge in [-0.1, -0.05) is 0 Å². The van der Waals surface area contributed by atoms with Gasteiger partial charge in [-0.15, -0.1) is 11.6 Å². The number of alkyl halides is 1. The Hall–Kier alpha value is -1.29. The van der Waals surface area contributed by atoms with Gasteiger partial charge in [0.05, 0.1) is 0 Å². The summed E-state index contributed by atoms with van der Waals surface area (Å²) >= 11 is 5.77.